The fourth-order valence-electron chi connectivity index (χ4n) is 3.14. The average Bonchev–Trinajstić information content (AvgIpc) is 2.27. The third kappa shape index (κ3) is 2.77. The zero-order valence-electron chi connectivity index (χ0n) is 11.1. The molecule has 1 aromatic carbocycles. The second-order valence-electron chi connectivity index (χ2n) is 6.10. The molecule has 1 saturated carbocycles. The summed E-state index contributed by atoms with van der Waals surface area (Å²) in [5, 5.41) is 0. The third-order valence-corrected chi connectivity index (χ3v) is 3.99. The Bertz CT molecular complexity index is 417. The Kier molecular flexibility index (Phi) is 3.37. The van der Waals surface area contributed by atoms with E-state index in [1.165, 1.54) is 31.2 Å². The van der Waals surface area contributed by atoms with Gasteiger partial charge in [-0.05, 0) is 43.1 Å². The maximum atomic E-state index is 11.7. The van der Waals surface area contributed by atoms with Crippen molar-refractivity contribution in [2.24, 2.45) is 5.41 Å². The number of carbonyl (C=O) groups is 1. The van der Waals surface area contributed by atoms with Crippen molar-refractivity contribution >= 4 is 5.78 Å². The van der Waals surface area contributed by atoms with Crippen LogP contribution in [0, 0.1) is 5.41 Å². The zero-order chi connectivity index (χ0) is 12.5. The third-order valence-electron chi connectivity index (χ3n) is 3.99. The smallest absolute Gasteiger partial charge is 0.160 e. The van der Waals surface area contributed by atoms with E-state index < -0.39 is 0 Å². The molecule has 0 heterocycles. The van der Waals surface area contributed by atoms with Gasteiger partial charge in [0.05, 0.1) is 0 Å². The molecule has 0 aliphatic heterocycles. The zero-order valence-corrected chi connectivity index (χ0v) is 11.1. The molecule has 0 saturated heterocycles. The number of rotatable bonds is 2. The highest BCUT2D eigenvalue weighted by molar-refractivity contribution is 5.95. The minimum absolute atomic E-state index is 0.198. The van der Waals surface area contributed by atoms with Crippen LogP contribution in [0.1, 0.15) is 68.3 Å². The van der Waals surface area contributed by atoms with Crippen molar-refractivity contribution in [2.75, 3.05) is 0 Å². The molecule has 0 aromatic heterocycles. The number of carbonyl (C=O) groups excluding carboxylic acids is 1. The Hall–Kier alpha value is -1.11. The van der Waals surface area contributed by atoms with Crippen LogP contribution >= 0.6 is 0 Å². The van der Waals surface area contributed by atoms with E-state index in [9.17, 15) is 4.79 Å². The van der Waals surface area contributed by atoms with Crippen LogP contribution in [-0.4, -0.2) is 5.78 Å². The van der Waals surface area contributed by atoms with Crippen molar-refractivity contribution in [3.63, 3.8) is 0 Å². The molecule has 0 spiro atoms. The van der Waals surface area contributed by atoms with Gasteiger partial charge in [-0.25, -0.2) is 0 Å². The van der Waals surface area contributed by atoms with Gasteiger partial charge < -0.3 is 0 Å². The van der Waals surface area contributed by atoms with E-state index in [2.05, 4.69) is 26.0 Å². The summed E-state index contributed by atoms with van der Waals surface area (Å²) in [5.41, 5.74) is 2.62. The molecule has 0 bridgehead atoms. The van der Waals surface area contributed by atoms with Crippen molar-refractivity contribution in [2.45, 2.75) is 52.4 Å². The predicted octanol–water partition coefficient (Wildman–Crippen LogP) is 4.57. The summed E-state index contributed by atoms with van der Waals surface area (Å²) in [6.07, 6.45) is 5.03. The molecule has 1 aliphatic rings. The van der Waals surface area contributed by atoms with Crippen LogP contribution in [-0.2, 0) is 0 Å². The quantitative estimate of drug-likeness (QED) is 0.680. The number of ketones is 1. The van der Waals surface area contributed by atoms with Crippen molar-refractivity contribution < 1.29 is 4.79 Å². The SMILES string of the molecule is CC(=O)c1ccccc1C1CCCC(C)(C)C1. The standard InChI is InChI=1S/C16H22O/c1-12(17)14-8-4-5-9-15(14)13-7-6-10-16(2,3)11-13/h4-5,8-9,13H,6-7,10-11H2,1-3H3. The lowest BCUT2D eigenvalue weighted by molar-refractivity contribution is 0.101. The predicted molar refractivity (Wildman–Crippen MR) is 71.4 cm³/mol. The first-order valence-electron chi connectivity index (χ1n) is 6.59. The summed E-state index contributed by atoms with van der Waals surface area (Å²) in [7, 11) is 0. The van der Waals surface area contributed by atoms with Gasteiger partial charge in [-0.15, -0.1) is 0 Å². The summed E-state index contributed by atoms with van der Waals surface area (Å²) < 4.78 is 0. The van der Waals surface area contributed by atoms with Crippen molar-refractivity contribution in [1.29, 1.82) is 0 Å². The van der Waals surface area contributed by atoms with Gasteiger partial charge in [-0.1, -0.05) is 44.5 Å². The van der Waals surface area contributed by atoms with Gasteiger partial charge in [0.2, 0.25) is 0 Å². The highest BCUT2D eigenvalue weighted by atomic mass is 16.1. The fraction of sp³-hybridized carbons (Fsp3) is 0.562. The molecule has 17 heavy (non-hydrogen) atoms. The van der Waals surface area contributed by atoms with Crippen LogP contribution in [0.2, 0.25) is 0 Å². The van der Waals surface area contributed by atoms with Crippen molar-refractivity contribution in [3.8, 4) is 0 Å². The van der Waals surface area contributed by atoms with E-state index in [4.69, 9.17) is 0 Å². The lowest BCUT2D eigenvalue weighted by Crippen LogP contribution is -2.22. The highest BCUT2D eigenvalue weighted by Crippen LogP contribution is 2.44. The van der Waals surface area contributed by atoms with E-state index in [0.29, 0.717) is 11.3 Å². The van der Waals surface area contributed by atoms with Crippen molar-refractivity contribution in [1.82, 2.24) is 0 Å². The van der Waals surface area contributed by atoms with Crippen LogP contribution < -0.4 is 0 Å². The van der Waals surface area contributed by atoms with Crippen LogP contribution in [0.3, 0.4) is 0 Å². The van der Waals surface area contributed by atoms with Gasteiger partial charge in [-0.2, -0.15) is 0 Å². The summed E-state index contributed by atoms with van der Waals surface area (Å²) in [4.78, 5) is 11.7. The van der Waals surface area contributed by atoms with Gasteiger partial charge in [0, 0.05) is 5.56 Å². The number of benzene rings is 1. The Balaban J connectivity index is 2.30. The van der Waals surface area contributed by atoms with E-state index in [-0.39, 0.29) is 5.78 Å². The Morgan fingerprint density at radius 3 is 2.65 bits per heavy atom. The van der Waals surface area contributed by atoms with Gasteiger partial charge in [-0.3, -0.25) is 4.79 Å². The monoisotopic (exact) mass is 230 g/mol. The largest absolute Gasteiger partial charge is 0.295 e. The first-order chi connectivity index (χ1) is 7.99. The van der Waals surface area contributed by atoms with Gasteiger partial charge in [0.25, 0.3) is 0 Å². The van der Waals surface area contributed by atoms with Crippen LogP contribution in [0.25, 0.3) is 0 Å². The minimum atomic E-state index is 0.198. The molecule has 1 heteroatoms. The maximum absolute atomic E-state index is 11.7. The average molecular weight is 230 g/mol. The molecular weight excluding hydrogens is 208 g/mol. The van der Waals surface area contributed by atoms with E-state index in [0.717, 1.165) is 5.56 Å². The summed E-state index contributed by atoms with van der Waals surface area (Å²) in [6.45, 7) is 6.36. The number of hydrogen-bond donors (Lipinski definition) is 0. The van der Waals surface area contributed by atoms with E-state index in [1.54, 1.807) is 6.92 Å². The van der Waals surface area contributed by atoms with E-state index >= 15 is 0 Å². The van der Waals surface area contributed by atoms with Crippen LogP contribution in [0.4, 0.5) is 0 Å². The number of Topliss-reactive ketones (excluding diaryl/α,β-unsaturated/α-hetero) is 1. The second kappa shape index (κ2) is 4.64. The molecule has 2 rings (SSSR count). The maximum Gasteiger partial charge on any atom is 0.160 e. The van der Waals surface area contributed by atoms with Gasteiger partial charge in [0.1, 0.15) is 0 Å². The normalized spacial score (nSPS) is 23.4. The molecule has 92 valence electrons. The summed E-state index contributed by atoms with van der Waals surface area (Å²) >= 11 is 0. The Morgan fingerprint density at radius 1 is 1.29 bits per heavy atom. The molecule has 0 amide bonds. The lowest BCUT2D eigenvalue weighted by Gasteiger charge is -2.36. The minimum Gasteiger partial charge on any atom is -0.295 e. The van der Waals surface area contributed by atoms with Crippen LogP contribution in [0.5, 0.6) is 0 Å². The fourth-order valence-corrected chi connectivity index (χ4v) is 3.14. The molecule has 1 atom stereocenters. The van der Waals surface area contributed by atoms with Gasteiger partial charge >= 0.3 is 0 Å². The topological polar surface area (TPSA) is 17.1 Å². The number of hydrogen-bond acceptors (Lipinski definition) is 1. The Labute approximate surface area is 104 Å². The Morgan fingerprint density at radius 2 is 2.00 bits per heavy atom. The molecule has 0 radical (unpaired) electrons. The highest BCUT2D eigenvalue weighted by Gasteiger charge is 2.30. The van der Waals surface area contributed by atoms with Crippen molar-refractivity contribution in [3.05, 3.63) is 35.4 Å². The molecular formula is C16H22O. The second-order valence-corrected chi connectivity index (χ2v) is 6.10. The first kappa shape index (κ1) is 12.3. The van der Waals surface area contributed by atoms with E-state index in [1.807, 2.05) is 12.1 Å². The molecule has 1 nitrogen and oxygen atoms in total. The van der Waals surface area contributed by atoms with Crippen LogP contribution in [0.15, 0.2) is 24.3 Å². The summed E-state index contributed by atoms with van der Waals surface area (Å²) in [5.74, 6) is 0.767. The van der Waals surface area contributed by atoms with Gasteiger partial charge in [0.15, 0.2) is 5.78 Å². The molecule has 1 aromatic rings. The first-order valence-corrected chi connectivity index (χ1v) is 6.59. The molecule has 1 aliphatic carbocycles. The summed E-state index contributed by atoms with van der Waals surface area (Å²) in [6, 6.07) is 8.14. The lowest BCUT2D eigenvalue weighted by atomic mass is 9.69. The molecule has 1 unspecified atom stereocenters. The molecule has 0 N–H and O–H groups in total. The molecule has 1 fully saturated rings.